The van der Waals surface area contributed by atoms with E-state index in [2.05, 4.69) is 9.97 Å². The second-order valence-electron chi connectivity index (χ2n) is 6.46. The molecular formula is C20H21FN2O2. The number of nitrogens with zero attached hydrogens (tertiary/aromatic N) is 2. The summed E-state index contributed by atoms with van der Waals surface area (Å²) < 4.78 is 13.7. The zero-order valence-electron chi connectivity index (χ0n) is 14.2. The number of aromatic nitrogens is 2. The first-order valence-corrected chi connectivity index (χ1v) is 8.51. The van der Waals surface area contributed by atoms with Gasteiger partial charge in [0.25, 0.3) is 0 Å². The Labute approximate surface area is 146 Å². The van der Waals surface area contributed by atoms with Crippen LogP contribution in [-0.4, -0.2) is 21.0 Å². The first kappa shape index (κ1) is 17.3. The molecule has 1 aromatic heterocycles. The summed E-state index contributed by atoms with van der Waals surface area (Å²) in [7, 11) is 0. The van der Waals surface area contributed by atoms with Crippen molar-refractivity contribution in [2.45, 2.75) is 44.9 Å². The lowest BCUT2D eigenvalue weighted by molar-refractivity contribution is -0.136. The number of hydrogen-bond acceptors (Lipinski definition) is 3. The van der Waals surface area contributed by atoms with Crippen LogP contribution in [0.2, 0.25) is 0 Å². The summed E-state index contributed by atoms with van der Waals surface area (Å²) in [5.41, 5.74) is 3.23. The lowest BCUT2D eigenvalue weighted by Crippen LogP contribution is -1.99. The molecule has 1 aliphatic carbocycles. The minimum atomic E-state index is -0.844. The van der Waals surface area contributed by atoms with Crippen LogP contribution in [0.4, 0.5) is 4.39 Å². The Balaban J connectivity index is 1.82. The number of carboxylic acid groups (broad SMARTS) is 1. The van der Waals surface area contributed by atoms with Crippen LogP contribution in [0.5, 0.6) is 0 Å². The number of rotatable bonds is 7. The summed E-state index contributed by atoms with van der Waals surface area (Å²) in [6, 6.07) is 5.02. The molecule has 25 heavy (non-hydrogen) atoms. The van der Waals surface area contributed by atoms with Gasteiger partial charge in [-0.2, -0.15) is 0 Å². The summed E-state index contributed by atoms with van der Waals surface area (Å²) >= 11 is 0. The van der Waals surface area contributed by atoms with E-state index in [1.54, 1.807) is 25.4 Å². The largest absolute Gasteiger partial charge is 0.481 e. The third kappa shape index (κ3) is 4.50. The smallest absolute Gasteiger partial charge is 0.303 e. The maximum atomic E-state index is 13.7. The maximum Gasteiger partial charge on any atom is 0.303 e. The maximum absolute atomic E-state index is 13.7. The van der Waals surface area contributed by atoms with Gasteiger partial charge in [0.1, 0.15) is 11.6 Å². The van der Waals surface area contributed by atoms with Gasteiger partial charge in [-0.15, -0.1) is 0 Å². The monoisotopic (exact) mass is 340 g/mol. The molecule has 0 aliphatic heterocycles. The van der Waals surface area contributed by atoms with Crippen molar-refractivity contribution in [3.05, 3.63) is 65.0 Å². The predicted molar refractivity (Wildman–Crippen MR) is 93.7 cm³/mol. The van der Waals surface area contributed by atoms with E-state index in [0.717, 1.165) is 35.4 Å². The average Bonchev–Trinajstić information content (AvgIpc) is 3.43. The lowest BCUT2D eigenvalue weighted by atomic mass is 9.99. The molecular weight excluding hydrogens is 319 g/mol. The van der Waals surface area contributed by atoms with Gasteiger partial charge in [0.2, 0.25) is 0 Å². The SMILES string of the molecule is Cc1c(F)cccc1C/C=C(\CCC(=O)O)c1cnc(C2CC2)nc1. The van der Waals surface area contributed by atoms with E-state index in [0.29, 0.717) is 24.3 Å². The van der Waals surface area contributed by atoms with E-state index in [-0.39, 0.29) is 12.2 Å². The Bertz CT molecular complexity index is 796. The van der Waals surface area contributed by atoms with E-state index >= 15 is 0 Å². The molecule has 0 radical (unpaired) electrons. The van der Waals surface area contributed by atoms with Crippen LogP contribution in [-0.2, 0) is 11.2 Å². The molecule has 0 bridgehead atoms. The highest BCUT2D eigenvalue weighted by atomic mass is 19.1. The molecule has 1 heterocycles. The van der Waals surface area contributed by atoms with Gasteiger partial charge in [-0.1, -0.05) is 18.2 Å². The molecule has 1 aromatic carbocycles. The Hall–Kier alpha value is -2.56. The van der Waals surface area contributed by atoms with E-state index in [9.17, 15) is 9.18 Å². The number of halogens is 1. The second kappa shape index (κ2) is 7.55. The molecule has 4 nitrogen and oxygen atoms in total. The summed E-state index contributed by atoms with van der Waals surface area (Å²) in [4.78, 5) is 19.8. The highest BCUT2D eigenvalue weighted by Crippen LogP contribution is 2.37. The van der Waals surface area contributed by atoms with Crippen LogP contribution >= 0.6 is 0 Å². The van der Waals surface area contributed by atoms with Gasteiger partial charge in [-0.25, -0.2) is 14.4 Å². The molecule has 130 valence electrons. The summed E-state index contributed by atoms with van der Waals surface area (Å²) in [6.45, 7) is 1.75. The van der Waals surface area contributed by atoms with Crippen molar-refractivity contribution in [1.82, 2.24) is 9.97 Å². The van der Waals surface area contributed by atoms with Crippen LogP contribution in [0.3, 0.4) is 0 Å². The summed E-state index contributed by atoms with van der Waals surface area (Å²) in [5, 5.41) is 8.99. The molecule has 1 aliphatic rings. The first-order valence-electron chi connectivity index (χ1n) is 8.51. The fourth-order valence-corrected chi connectivity index (χ4v) is 2.77. The van der Waals surface area contributed by atoms with Crippen molar-refractivity contribution in [2.24, 2.45) is 0 Å². The van der Waals surface area contributed by atoms with Crippen molar-refractivity contribution < 1.29 is 14.3 Å². The molecule has 3 rings (SSSR count). The van der Waals surface area contributed by atoms with Crippen LogP contribution < -0.4 is 0 Å². The van der Waals surface area contributed by atoms with Crippen molar-refractivity contribution in [2.75, 3.05) is 0 Å². The minimum Gasteiger partial charge on any atom is -0.481 e. The van der Waals surface area contributed by atoms with Crippen LogP contribution in [0.1, 0.15) is 54.1 Å². The van der Waals surface area contributed by atoms with E-state index in [1.165, 1.54) is 6.07 Å². The molecule has 0 saturated heterocycles. The number of benzene rings is 1. The van der Waals surface area contributed by atoms with E-state index in [4.69, 9.17) is 5.11 Å². The number of carbonyl (C=O) groups is 1. The third-order valence-electron chi connectivity index (χ3n) is 4.54. The number of allylic oxidation sites excluding steroid dienone is 2. The predicted octanol–water partition coefficient (Wildman–Crippen LogP) is 4.29. The van der Waals surface area contributed by atoms with E-state index in [1.807, 2.05) is 12.1 Å². The van der Waals surface area contributed by atoms with Crippen LogP contribution in [0, 0.1) is 12.7 Å². The van der Waals surface area contributed by atoms with Crippen molar-refractivity contribution in [3.63, 3.8) is 0 Å². The summed E-state index contributed by atoms with van der Waals surface area (Å²) in [5.74, 6) is 0.274. The van der Waals surface area contributed by atoms with Gasteiger partial charge >= 0.3 is 5.97 Å². The minimum absolute atomic E-state index is 0.0400. The quantitative estimate of drug-likeness (QED) is 0.816. The van der Waals surface area contributed by atoms with Gasteiger partial charge in [0, 0.05) is 30.3 Å². The van der Waals surface area contributed by atoms with Crippen LogP contribution in [0.15, 0.2) is 36.7 Å². The summed E-state index contributed by atoms with van der Waals surface area (Å²) in [6.07, 6.45) is 8.76. The van der Waals surface area contributed by atoms with Crippen molar-refractivity contribution in [1.29, 1.82) is 0 Å². The Morgan fingerprint density at radius 1 is 1.28 bits per heavy atom. The molecule has 0 unspecified atom stereocenters. The van der Waals surface area contributed by atoms with Gasteiger partial charge in [-0.05, 0) is 55.4 Å². The molecule has 0 amide bonds. The van der Waals surface area contributed by atoms with E-state index < -0.39 is 5.97 Å². The van der Waals surface area contributed by atoms with Crippen molar-refractivity contribution in [3.8, 4) is 0 Å². The van der Waals surface area contributed by atoms with Crippen LogP contribution in [0.25, 0.3) is 5.57 Å². The zero-order valence-corrected chi connectivity index (χ0v) is 14.2. The normalized spacial score (nSPS) is 14.6. The molecule has 0 atom stereocenters. The molecule has 1 saturated carbocycles. The topological polar surface area (TPSA) is 63.1 Å². The Kier molecular flexibility index (Phi) is 5.22. The third-order valence-corrected chi connectivity index (χ3v) is 4.54. The molecule has 0 spiro atoms. The first-order chi connectivity index (χ1) is 12.0. The fourth-order valence-electron chi connectivity index (χ4n) is 2.77. The second-order valence-corrected chi connectivity index (χ2v) is 6.46. The zero-order chi connectivity index (χ0) is 17.8. The average molecular weight is 340 g/mol. The molecule has 1 fully saturated rings. The lowest BCUT2D eigenvalue weighted by Gasteiger charge is -2.09. The van der Waals surface area contributed by atoms with Gasteiger partial charge < -0.3 is 5.11 Å². The standard InChI is InChI=1S/C20H21FN2O2/c1-13-14(3-2-4-18(13)21)5-6-15(9-10-19(24)25)17-11-22-20(23-12-17)16-7-8-16/h2-4,6,11-12,16H,5,7-10H2,1H3,(H,24,25)/b15-6+. The van der Waals surface area contributed by atoms with Crippen molar-refractivity contribution >= 4 is 11.5 Å². The number of aliphatic carboxylic acids is 1. The highest BCUT2D eigenvalue weighted by molar-refractivity contribution is 5.72. The number of carboxylic acids is 1. The molecule has 1 N–H and O–H groups in total. The van der Waals surface area contributed by atoms with Gasteiger partial charge in [0.15, 0.2) is 0 Å². The van der Waals surface area contributed by atoms with Gasteiger partial charge in [-0.3, -0.25) is 4.79 Å². The highest BCUT2D eigenvalue weighted by Gasteiger charge is 2.26. The Morgan fingerprint density at radius 2 is 2.00 bits per heavy atom. The molecule has 5 heteroatoms. The molecule has 2 aromatic rings. The number of hydrogen-bond donors (Lipinski definition) is 1. The Morgan fingerprint density at radius 3 is 2.64 bits per heavy atom. The fraction of sp³-hybridized carbons (Fsp3) is 0.350. The van der Waals surface area contributed by atoms with Gasteiger partial charge in [0.05, 0.1) is 0 Å².